The molecular weight excluding hydrogens is 251 g/mol. The van der Waals surface area contributed by atoms with Gasteiger partial charge >= 0.3 is 21.5 Å². The predicted molar refractivity (Wildman–Crippen MR) is 46.9 cm³/mol. The summed E-state index contributed by atoms with van der Waals surface area (Å²) in [6.45, 7) is 0.941. The third-order valence-electron chi connectivity index (χ3n) is 2.49. The second-order valence-corrected chi connectivity index (χ2v) is 5.51. The van der Waals surface area contributed by atoms with Crippen molar-refractivity contribution in [3.05, 3.63) is 0 Å². The maximum atomic E-state index is 12.1. The highest BCUT2D eigenvalue weighted by Gasteiger charge is 2.56. The molecule has 0 radical (unpaired) electrons. The predicted octanol–water partition coefficient (Wildman–Crippen LogP) is 0.679. The Bertz CT molecular complexity index is 400. The summed E-state index contributed by atoms with van der Waals surface area (Å²) < 4.78 is 59.0. The van der Waals surface area contributed by atoms with Crippen molar-refractivity contribution >= 4 is 16.0 Å². The molecular formula is C7H10F3NO4S. The SMILES string of the molecule is CC(NS(=O)(=O)C(F)(F)F)(C(=O)O)C1CC1. The van der Waals surface area contributed by atoms with Crippen LogP contribution in [0, 0.1) is 5.92 Å². The van der Waals surface area contributed by atoms with Gasteiger partial charge in [0.15, 0.2) is 0 Å². The lowest BCUT2D eigenvalue weighted by atomic mass is 9.98. The molecule has 0 amide bonds. The number of halogens is 3. The Morgan fingerprint density at radius 2 is 1.81 bits per heavy atom. The number of sulfonamides is 1. The topological polar surface area (TPSA) is 83.5 Å². The van der Waals surface area contributed by atoms with Crippen LogP contribution in [0.3, 0.4) is 0 Å². The van der Waals surface area contributed by atoms with Gasteiger partial charge in [0.05, 0.1) is 0 Å². The highest BCUT2D eigenvalue weighted by molar-refractivity contribution is 7.90. The maximum absolute atomic E-state index is 12.1. The molecule has 0 saturated heterocycles. The zero-order valence-electron chi connectivity index (χ0n) is 8.21. The molecule has 0 bridgehead atoms. The van der Waals surface area contributed by atoms with Crippen LogP contribution in [0.4, 0.5) is 13.2 Å². The first-order valence-electron chi connectivity index (χ1n) is 4.34. The van der Waals surface area contributed by atoms with Crippen molar-refractivity contribution in [1.29, 1.82) is 0 Å². The molecule has 2 N–H and O–H groups in total. The molecule has 0 aromatic carbocycles. The average molecular weight is 261 g/mol. The number of carbonyl (C=O) groups is 1. The Kier molecular flexibility index (Phi) is 2.97. The summed E-state index contributed by atoms with van der Waals surface area (Å²) in [5, 5.41) is 8.78. The van der Waals surface area contributed by atoms with Crippen LogP contribution >= 0.6 is 0 Å². The van der Waals surface area contributed by atoms with Gasteiger partial charge in [-0.3, -0.25) is 4.79 Å². The summed E-state index contributed by atoms with van der Waals surface area (Å²) in [7, 11) is -5.64. The zero-order valence-corrected chi connectivity index (χ0v) is 9.02. The summed E-state index contributed by atoms with van der Waals surface area (Å²) >= 11 is 0. The van der Waals surface area contributed by atoms with Crippen LogP contribution in [0.25, 0.3) is 0 Å². The van der Waals surface area contributed by atoms with E-state index in [4.69, 9.17) is 5.11 Å². The number of hydrogen-bond donors (Lipinski definition) is 2. The Morgan fingerprint density at radius 1 is 1.38 bits per heavy atom. The number of carboxylic acids is 1. The van der Waals surface area contributed by atoms with Crippen LogP contribution in [0.1, 0.15) is 19.8 Å². The third kappa shape index (κ3) is 2.29. The molecule has 1 aliphatic rings. The van der Waals surface area contributed by atoms with Crippen molar-refractivity contribution in [3.8, 4) is 0 Å². The van der Waals surface area contributed by atoms with Crippen LogP contribution in [-0.4, -0.2) is 30.5 Å². The highest BCUT2D eigenvalue weighted by atomic mass is 32.2. The van der Waals surface area contributed by atoms with E-state index in [0.29, 0.717) is 12.8 Å². The summed E-state index contributed by atoms with van der Waals surface area (Å²) in [5.41, 5.74) is -7.59. The van der Waals surface area contributed by atoms with E-state index in [-0.39, 0.29) is 0 Å². The maximum Gasteiger partial charge on any atom is 0.511 e. The minimum Gasteiger partial charge on any atom is -0.480 e. The van der Waals surface area contributed by atoms with Crippen molar-refractivity contribution in [1.82, 2.24) is 4.72 Å². The second kappa shape index (κ2) is 3.59. The molecule has 5 nitrogen and oxygen atoms in total. The monoisotopic (exact) mass is 261 g/mol. The van der Waals surface area contributed by atoms with Crippen LogP contribution in [0.2, 0.25) is 0 Å². The number of rotatable bonds is 4. The molecule has 1 atom stereocenters. The molecule has 1 unspecified atom stereocenters. The molecule has 0 aromatic heterocycles. The Morgan fingerprint density at radius 3 is 2.06 bits per heavy atom. The van der Waals surface area contributed by atoms with Gasteiger partial charge in [-0.05, 0) is 25.7 Å². The van der Waals surface area contributed by atoms with Crippen LogP contribution in [-0.2, 0) is 14.8 Å². The molecule has 1 rings (SSSR count). The molecule has 16 heavy (non-hydrogen) atoms. The van der Waals surface area contributed by atoms with Gasteiger partial charge in [0.25, 0.3) is 0 Å². The van der Waals surface area contributed by atoms with Crippen molar-refractivity contribution in [2.24, 2.45) is 5.92 Å². The van der Waals surface area contributed by atoms with E-state index in [1.165, 1.54) is 4.72 Å². The van der Waals surface area contributed by atoms with E-state index < -0.39 is 33.0 Å². The summed E-state index contributed by atoms with van der Waals surface area (Å²) in [6, 6.07) is 0. The minimum absolute atomic E-state index is 0.392. The van der Waals surface area contributed by atoms with Crippen molar-refractivity contribution in [2.75, 3.05) is 0 Å². The first kappa shape index (κ1) is 13.2. The fourth-order valence-electron chi connectivity index (χ4n) is 1.30. The number of hydrogen-bond acceptors (Lipinski definition) is 3. The summed E-state index contributed by atoms with van der Waals surface area (Å²) in [6.07, 6.45) is 0.784. The van der Waals surface area contributed by atoms with Crippen molar-refractivity contribution in [3.63, 3.8) is 0 Å². The second-order valence-electron chi connectivity index (χ2n) is 3.83. The highest BCUT2D eigenvalue weighted by Crippen LogP contribution is 2.41. The van der Waals surface area contributed by atoms with Crippen LogP contribution in [0.15, 0.2) is 0 Å². The molecule has 1 saturated carbocycles. The molecule has 0 aromatic rings. The zero-order chi connectivity index (χ0) is 12.8. The van der Waals surface area contributed by atoms with Gasteiger partial charge in [-0.25, -0.2) is 8.42 Å². The molecule has 94 valence electrons. The normalized spacial score (nSPS) is 21.5. The van der Waals surface area contributed by atoms with Crippen molar-refractivity contribution < 1.29 is 31.5 Å². The quantitative estimate of drug-likeness (QED) is 0.779. The Balaban J connectivity index is 2.98. The van der Waals surface area contributed by atoms with E-state index in [1.807, 2.05) is 0 Å². The Hall–Kier alpha value is -0.830. The van der Waals surface area contributed by atoms with Gasteiger partial charge in [0, 0.05) is 0 Å². The minimum atomic E-state index is -5.64. The summed E-state index contributed by atoms with van der Waals surface area (Å²) in [4.78, 5) is 10.8. The van der Waals surface area contributed by atoms with Gasteiger partial charge in [-0.2, -0.15) is 17.9 Å². The lowest BCUT2D eigenvalue weighted by Gasteiger charge is -2.26. The van der Waals surface area contributed by atoms with Crippen molar-refractivity contribution in [2.45, 2.75) is 30.8 Å². The largest absolute Gasteiger partial charge is 0.511 e. The van der Waals surface area contributed by atoms with Gasteiger partial charge in [0.1, 0.15) is 5.54 Å². The standard InChI is InChI=1S/C7H10F3NO4S/c1-6(5(12)13,4-2-3-4)11-16(14,15)7(8,9)10/h4,11H,2-3H2,1H3,(H,12,13). The number of alkyl halides is 3. The van der Waals surface area contributed by atoms with Gasteiger partial charge in [-0.1, -0.05) is 0 Å². The fourth-order valence-corrected chi connectivity index (χ4v) is 2.23. The van der Waals surface area contributed by atoms with Crippen LogP contribution < -0.4 is 4.72 Å². The number of aliphatic carboxylic acids is 1. The third-order valence-corrected chi connectivity index (χ3v) is 3.79. The first-order valence-corrected chi connectivity index (χ1v) is 5.82. The van der Waals surface area contributed by atoms with Gasteiger partial charge < -0.3 is 5.11 Å². The molecule has 1 fully saturated rings. The lowest BCUT2D eigenvalue weighted by molar-refractivity contribution is -0.144. The van der Waals surface area contributed by atoms with E-state index in [1.54, 1.807) is 0 Å². The summed E-state index contributed by atoms with van der Waals surface area (Å²) in [5.74, 6) is -2.20. The number of nitrogens with one attached hydrogen (secondary N) is 1. The van der Waals surface area contributed by atoms with Gasteiger partial charge in [-0.15, -0.1) is 0 Å². The average Bonchev–Trinajstić information content (AvgIpc) is 2.81. The number of carboxylic acid groups (broad SMARTS) is 1. The molecule has 9 heteroatoms. The van der Waals surface area contributed by atoms with Crippen LogP contribution in [0.5, 0.6) is 0 Å². The van der Waals surface area contributed by atoms with E-state index in [9.17, 15) is 26.4 Å². The molecule has 1 aliphatic carbocycles. The Labute approximate surface area is 89.7 Å². The fraction of sp³-hybridized carbons (Fsp3) is 0.857. The lowest BCUT2D eigenvalue weighted by Crippen LogP contribution is -2.56. The first-order chi connectivity index (χ1) is 7.01. The smallest absolute Gasteiger partial charge is 0.480 e. The van der Waals surface area contributed by atoms with E-state index in [2.05, 4.69) is 0 Å². The van der Waals surface area contributed by atoms with Gasteiger partial charge in [0.2, 0.25) is 0 Å². The molecule has 0 spiro atoms. The molecule has 0 aliphatic heterocycles. The molecule has 0 heterocycles. The van der Waals surface area contributed by atoms with E-state index >= 15 is 0 Å². The van der Waals surface area contributed by atoms with E-state index in [0.717, 1.165) is 6.92 Å².